The monoisotopic (exact) mass is 936 g/mol. The lowest BCUT2D eigenvalue weighted by atomic mass is 10.0. The van der Waals surface area contributed by atoms with Crippen LogP contribution in [-0.4, -0.2) is 82.3 Å². The van der Waals surface area contributed by atoms with E-state index in [1.807, 2.05) is 21.1 Å². The van der Waals surface area contributed by atoms with Gasteiger partial charge in [0.25, 0.3) is 0 Å². The summed E-state index contributed by atoms with van der Waals surface area (Å²) in [7, 11) is 5.89. The van der Waals surface area contributed by atoms with Gasteiger partial charge in [-0.25, -0.2) is 0 Å². The number of likely N-dealkylation sites (N-methyl/N-ethyl adjacent to an activating group) is 1. The van der Waals surface area contributed by atoms with E-state index in [2.05, 4.69) is 111 Å². The van der Waals surface area contributed by atoms with Gasteiger partial charge in [-0.3, -0.25) is 9.59 Å². The summed E-state index contributed by atoms with van der Waals surface area (Å²) in [5.74, 6) is -2.31. The van der Waals surface area contributed by atoms with Crippen LogP contribution >= 0.6 is 0 Å². The highest BCUT2D eigenvalue weighted by Gasteiger charge is 2.21. The molecule has 0 saturated heterocycles. The molecule has 0 heterocycles. The Balaban J connectivity index is 3.99. The van der Waals surface area contributed by atoms with Gasteiger partial charge in [-0.1, -0.05) is 201 Å². The van der Waals surface area contributed by atoms with E-state index < -0.39 is 24.3 Å². The second-order valence-corrected chi connectivity index (χ2v) is 18.4. The predicted molar refractivity (Wildman–Crippen MR) is 278 cm³/mol. The van der Waals surface area contributed by atoms with Crippen LogP contribution < -0.4 is 5.11 Å². The van der Waals surface area contributed by atoms with Gasteiger partial charge in [0.2, 0.25) is 0 Å². The Kier molecular flexibility index (Phi) is 45.9. The third-order valence-electron chi connectivity index (χ3n) is 10.8. The highest BCUT2D eigenvalue weighted by molar-refractivity contribution is 5.70. The second-order valence-electron chi connectivity index (χ2n) is 18.4. The topological polar surface area (TPSA) is 111 Å². The molecule has 382 valence electrons. The van der Waals surface area contributed by atoms with E-state index >= 15 is 0 Å². The molecule has 2 unspecified atom stereocenters. The zero-order valence-corrected chi connectivity index (χ0v) is 43.2. The number of carbonyl (C=O) groups excluding carboxylic acids is 3. The molecule has 0 aliphatic rings. The third kappa shape index (κ3) is 49.9. The average molecular weight is 936 g/mol. The van der Waals surface area contributed by atoms with Crippen molar-refractivity contribution in [3.05, 3.63) is 97.2 Å². The second kappa shape index (κ2) is 48.7. The van der Waals surface area contributed by atoms with Crippen molar-refractivity contribution in [2.45, 2.75) is 206 Å². The number of allylic oxidation sites excluding steroid dienone is 16. The fourth-order valence-corrected chi connectivity index (χ4v) is 6.79. The van der Waals surface area contributed by atoms with Crippen molar-refractivity contribution in [3.8, 4) is 0 Å². The zero-order valence-electron chi connectivity index (χ0n) is 43.2. The number of hydrogen-bond donors (Lipinski definition) is 0. The zero-order chi connectivity index (χ0) is 49.2. The molecule has 0 aromatic carbocycles. The molecular formula is C58H97NO8. The first kappa shape index (κ1) is 63.2. The Morgan fingerprint density at radius 1 is 0.463 bits per heavy atom. The lowest BCUT2D eigenvalue weighted by Gasteiger charge is -2.26. The third-order valence-corrected chi connectivity index (χ3v) is 10.8. The van der Waals surface area contributed by atoms with Crippen molar-refractivity contribution in [3.63, 3.8) is 0 Å². The van der Waals surface area contributed by atoms with Gasteiger partial charge in [-0.05, 0) is 77.0 Å². The van der Waals surface area contributed by atoms with Gasteiger partial charge in [0.05, 0.1) is 40.3 Å². The van der Waals surface area contributed by atoms with Crippen LogP contribution in [0.15, 0.2) is 97.2 Å². The van der Waals surface area contributed by atoms with Crippen molar-refractivity contribution in [1.82, 2.24) is 0 Å². The SMILES string of the molecule is CC/C=C\C/C=C\C/C=C\C/C=C\C/C=C\C/C=C\C/C=C\C/C=C\CCCCCCCCCCCCCCC(=O)OC(COC(=O)CCCCCCC)COC(OCC[N+](C)(C)C)C(=O)[O-]. The summed E-state index contributed by atoms with van der Waals surface area (Å²) in [6.45, 7) is 4.51. The number of esters is 2. The molecule has 0 rings (SSSR count). The molecule has 0 bridgehead atoms. The van der Waals surface area contributed by atoms with Crippen molar-refractivity contribution >= 4 is 17.9 Å². The van der Waals surface area contributed by atoms with E-state index in [1.165, 1.54) is 57.8 Å². The maximum Gasteiger partial charge on any atom is 0.306 e. The highest BCUT2D eigenvalue weighted by atomic mass is 16.7. The molecular weight excluding hydrogens is 839 g/mol. The van der Waals surface area contributed by atoms with Crippen molar-refractivity contribution in [2.75, 3.05) is 47.5 Å². The lowest BCUT2D eigenvalue weighted by molar-refractivity contribution is -0.870. The fourth-order valence-electron chi connectivity index (χ4n) is 6.79. The molecule has 9 heteroatoms. The Bertz CT molecular complexity index is 1420. The van der Waals surface area contributed by atoms with Crippen LogP contribution in [0.5, 0.6) is 0 Å². The van der Waals surface area contributed by atoms with E-state index in [0.717, 1.165) is 103 Å². The number of nitrogens with zero attached hydrogens (tertiary/aromatic N) is 1. The maximum absolute atomic E-state index is 12.7. The van der Waals surface area contributed by atoms with Gasteiger partial charge < -0.3 is 33.3 Å². The Morgan fingerprint density at radius 3 is 1.27 bits per heavy atom. The molecule has 67 heavy (non-hydrogen) atoms. The molecule has 0 fully saturated rings. The Morgan fingerprint density at radius 2 is 0.851 bits per heavy atom. The molecule has 0 amide bonds. The van der Waals surface area contributed by atoms with Crippen LogP contribution in [0.1, 0.15) is 194 Å². The summed E-state index contributed by atoms with van der Waals surface area (Å²) < 4.78 is 22.4. The van der Waals surface area contributed by atoms with Crippen molar-refractivity contribution < 1.29 is 42.9 Å². The summed E-state index contributed by atoms with van der Waals surface area (Å²) >= 11 is 0. The number of carbonyl (C=O) groups is 3. The minimum atomic E-state index is -1.62. The van der Waals surface area contributed by atoms with E-state index in [4.69, 9.17) is 18.9 Å². The van der Waals surface area contributed by atoms with Gasteiger partial charge in [0.15, 0.2) is 12.4 Å². The summed E-state index contributed by atoms with van der Waals surface area (Å²) in [6.07, 6.45) is 62.3. The molecule has 0 radical (unpaired) electrons. The van der Waals surface area contributed by atoms with Gasteiger partial charge in [0.1, 0.15) is 13.2 Å². The summed E-state index contributed by atoms with van der Waals surface area (Å²) in [5.41, 5.74) is 0. The molecule has 0 N–H and O–H groups in total. The van der Waals surface area contributed by atoms with E-state index in [0.29, 0.717) is 17.4 Å². The van der Waals surface area contributed by atoms with Crippen LogP contribution in [0.3, 0.4) is 0 Å². The van der Waals surface area contributed by atoms with Crippen molar-refractivity contribution in [2.24, 2.45) is 0 Å². The minimum absolute atomic E-state index is 0.144. The molecule has 2 atom stereocenters. The number of aliphatic carboxylic acids is 1. The van der Waals surface area contributed by atoms with E-state index in [-0.39, 0.29) is 38.6 Å². The number of ether oxygens (including phenoxy) is 4. The first-order chi connectivity index (χ1) is 32.6. The lowest BCUT2D eigenvalue weighted by Crippen LogP contribution is -2.44. The quantitative estimate of drug-likeness (QED) is 0.0195. The Hall–Kier alpha value is -3.79. The first-order valence-electron chi connectivity index (χ1n) is 26.4. The van der Waals surface area contributed by atoms with Gasteiger partial charge in [-0.15, -0.1) is 0 Å². The maximum atomic E-state index is 12.7. The minimum Gasteiger partial charge on any atom is -0.545 e. The van der Waals surface area contributed by atoms with Crippen LogP contribution in [0, 0.1) is 0 Å². The highest BCUT2D eigenvalue weighted by Crippen LogP contribution is 2.14. The summed E-state index contributed by atoms with van der Waals surface area (Å²) in [4.78, 5) is 36.7. The fraction of sp³-hybridized carbons (Fsp3) is 0.672. The number of carboxylic acid groups (broad SMARTS) is 1. The number of quaternary nitrogens is 1. The molecule has 0 spiro atoms. The van der Waals surface area contributed by atoms with Gasteiger partial charge in [-0.2, -0.15) is 0 Å². The van der Waals surface area contributed by atoms with Crippen LogP contribution in [0.4, 0.5) is 0 Å². The smallest absolute Gasteiger partial charge is 0.306 e. The number of hydrogen-bond acceptors (Lipinski definition) is 8. The normalized spacial score (nSPS) is 13.6. The van der Waals surface area contributed by atoms with Crippen LogP contribution in [0.25, 0.3) is 0 Å². The van der Waals surface area contributed by atoms with Crippen LogP contribution in [0.2, 0.25) is 0 Å². The first-order valence-corrected chi connectivity index (χ1v) is 26.4. The molecule has 0 aromatic heterocycles. The molecule has 0 aliphatic heterocycles. The standard InChI is InChI=1S/C58H97NO8/c1-6-8-10-12-13-14-15-16-17-18-19-20-21-22-23-24-25-26-27-28-29-30-31-32-33-34-35-36-37-38-39-40-41-42-43-45-47-49-56(61)67-54(52-65-55(60)48-46-44-11-9-7-2)53-66-58(57(62)63)64-51-50-59(3,4)5/h8,10,13-14,16-17,19-20,22-23,25-26,28-29,31-32,54,58H,6-7,9,11-12,15,18,21,24,27,30,33-53H2,1-5H3/b10-8-,14-13-,17-16-,20-19-,23-22-,26-25-,29-28-,32-31-. The molecule has 9 nitrogen and oxygen atoms in total. The average Bonchev–Trinajstić information content (AvgIpc) is 3.29. The number of rotatable bonds is 47. The molecule has 0 aliphatic carbocycles. The van der Waals surface area contributed by atoms with Gasteiger partial charge >= 0.3 is 11.9 Å². The summed E-state index contributed by atoms with van der Waals surface area (Å²) in [5, 5.41) is 11.7. The molecule has 0 aromatic rings. The largest absolute Gasteiger partial charge is 0.545 e. The van der Waals surface area contributed by atoms with Gasteiger partial charge in [0, 0.05) is 12.8 Å². The Labute approximate surface area is 410 Å². The number of carboxylic acids is 1. The van der Waals surface area contributed by atoms with E-state index in [1.54, 1.807) is 0 Å². The molecule has 0 saturated carbocycles. The van der Waals surface area contributed by atoms with Crippen molar-refractivity contribution in [1.29, 1.82) is 0 Å². The van der Waals surface area contributed by atoms with Crippen LogP contribution in [-0.2, 0) is 33.3 Å². The number of unbranched alkanes of at least 4 members (excludes halogenated alkanes) is 16. The predicted octanol–water partition coefficient (Wildman–Crippen LogP) is 13.7. The summed E-state index contributed by atoms with van der Waals surface area (Å²) in [6, 6.07) is 0. The van der Waals surface area contributed by atoms with E-state index in [9.17, 15) is 19.5 Å².